The summed E-state index contributed by atoms with van der Waals surface area (Å²) in [7, 11) is 0. The first-order valence-electron chi connectivity index (χ1n) is 6.94. The second kappa shape index (κ2) is 5.62. The number of hydrogen-bond acceptors (Lipinski definition) is 4. The van der Waals surface area contributed by atoms with Crippen LogP contribution >= 0.6 is 0 Å². The third-order valence-electron chi connectivity index (χ3n) is 3.83. The molecule has 7 heteroatoms. The average molecular weight is 278 g/mol. The van der Waals surface area contributed by atoms with Crippen LogP contribution in [0.3, 0.4) is 0 Å². The summed E-state index contributed by atoms with van der Waals surface area (Å²) in [5.41, 5.74) is 0.559. The maximum absolute atomic E-state index is 12.2. The minimum Gasteiger partial charge on any atom is -0.368 e. The fraction of sp³-hybridized carbons (Fsp3) is 0.615. The van der Waals surface area contributed by atoms with Crippen LogP contribution in [0.2, 0.25) is 0 Å². The SMILES string of the molecule is O=C(c1cn[nH]c1)N1CCN(C(=O)C2CCCO2)CC1. The Morgan fingerprint density at radius 3 is 2.60 bits per heavy atom. The van der Waals surface area contributed by atoms with E-state index in [0.717, 1.165) is 12.8 Å². The Bertz CT molecular complexity index is 474. The summed E-state index contributed by atoms with van der Waals surface area (Å²) in [6.07, 6.45) is 4.60. The second-order valence-electron chi connectivity index (χ2n) is 5.11. The van der Waals surface area contributed by atoms with Crippen LogP contribution in [0.15, 0.2) is 12.4 Å². The number of aromatic nitrogens is 2. The molecule has 0 spiro atoms. The van der Waals surface area contributed by atoms with Gasteiger partial charge in [-0.25, -0.2) is 0 Å². The molecule has 2 fully saturated rings. The maximum Gasteiger partial charge on any atom is 0.257 e. The van der Waals surface area contributed by atoms with E-state index >= 15 is 0 Å². The first-order chi connectivity index (χ1) is 9.75. The lowest BCUT2D eigenvalue weighted by molar-refractivity contribution is -0.142. The molecular formula is C13H18N4O3. The summed E-state index contributed by atoms with van der Waals surface area (Å²) >= 11 is 0. The van der Waals surface area contributed by atoms with Crippen LogP contribution in [0.4, 0.5) is 0 Å². The standard InChI is InChI=1S/C13H18N4O3/c18-12(10-8-14-15-9-10)16-3-5-17(6-4-16)13(19)11-2-1-7-20-11/h8-9,11H,1-7H2,(H,14,15). The van der Waals surface area contributed by atoms with Crippen molar-refractivity contribution in [2.24, 2.45) is 0 Å². The molecule has 3 rings (SSSR count). The predicted octanol–water partition coefficient (Wildman–Crippen LogP) is -0.127. The Morgan fingerprint density at radius 1 is 1.25 bits per heavy atom. The van der Waals surface area contributed by atoms with Crippen molar-refractivity contribution in [3.63, 3.8) is 0 Å². The van der Waals surface area contributed by atoms with Crippen molar-refractivity contribution in [1.29, 1.82) is 0 Å². The molecule has 2 aliphatic rings. The van der Waals surface area contributed by atoms with Crippen LogP contribution in [0.1, 0.15) is 23.2 Å². The van der Waals surface area contributed by atoms with Crippen molar-refractivity contribution in [2.45, 2.75) is 18.9 Å². The van der Waals surface area contributed by atoms with Crippen molar-refractivity contribution in [1.82, 2.24) is 20.0 Å². The molecule has 0 bridgehead atoms. The zero-order chi connectivity index (χ0) is 13.9. The van der Waals surface area contributed by atoms with Crippen LogP contribution in [0, 0.1) is 0 Å². The number of amides is 2. The monoisotopic (exact) mass is 278 g/mol. The number of carbonyl (C=O) groups is 2. The largest absolute Gasteiger partial charge is 0.368 e. The lowest BCUT2D eigenvalue weighted by Gasteiger charge is -2.35. The van der Waals surface area contributed by atoms with Crippen molar-refractivity contribution >= 4 is 11.8 Å². The number of rotatable bonds is 2. The minimum atomic E-state index is -0.272. The molecule has 3 heterocycles. The number of aromatic amines is 1. The smallest absolute Gasteiger partial charge is 0.257 e. The molecule has 108 valence electrons. The molecule has 2 aliphatic heterocycles. The van der Waals surface area contributed by atoms with Gasteiger partial charge in [-0.3, -0.25) is 14.7 Å². The van der Waals surface area contributed by atoms with Crippen molar-refractivity contribution < 1.29 is 14.3 Å². The molecule has 0 radical (unpaired) electrons. The maximum atomic E-state index is 12.2. The van der Waals surface area contributed by atoms with Gasteiger partial charge < -0.3 is 14.5 Å². The summed E-state index contributed by atoms with van der Waals surface area (Å²) < 4.78 is 5.42. The third-order valence-corrected chi connectivity index (χ3v) is 3.83. The van der Waals surface area contributed by atoms with Gasteiger partial charge in [0.2, 0.25) is 0 Å². The Labute approximate surface area is 116 Å². The molecular weight excluding hydrogens is 260 g/mol. The molecule has 7 nitrogen and oxygen atoms in total. The van der Waals surface area contributed by atoms with Crippen LogP contribution in [-0.4, -0.2) is 70.7 Å². The predicted molar refractivity (Wildman–Crippen MR) is 70.0 cm³/mol. The van der Waals surface area contributed by atoms with Gasteiger partial charge in [-0.2, -0.15) is 5.10 Å². The number of nitrogens with one attached hydrogen (secondary N) is 1. The highest BCUT2D eigenvalue weighted by molar-refractivity contribution is 5.94. The van der Waals surface area contributed by atoms with Gasteiger partial charge in [0, 0.05) is 39.0 Å². The molecule has 1 atom stereocenters. The highest BCUT2D eigenvalue weighted by atomic mass is 16.5. The van der Waals surface area contributed by atoms with Crippen molar-refractivity contribution in [3.05, 3.63) is 18.0 Å². The van der Waals surface area contributed by atoms with E-state index in [0.29, 0.717) is 38.3 Å². The van der Waals surface area contributed by atoms with Crippen molar-refractivity contribution in [2.75, 3.05) is 32.8 Å². The number of ether oxygens (including phenoxy) is 1. The van der Waals surface area contributed by atoms with E-state index < -0.39 is 0 Å². The molecule has 2 saturated heterocycles. The Balaban J connectivity index is 1.54. The molecule has 1 aromatic heterocycles. The molecule has 20 heavy (non-hydrogen) atoms. The van der Waals surface area contributed by atoms with Gasteiger partial charge in [0.15, 0.2) is 0 Å². The summed E-state index contributed by atoms with van der Waals surface area (Å²) in [6.45, 7) is 2.94. The van der Waals surface area contributed by atoms with E-state index in [1.54, 1.807) is 16.0 Å². The molecule has 1 unspecified atom stereocenters. The molecule has 0 saturated carbocycles. The van der Waals surface area contributed by atoms with E-state index in [9.17, 15) is 9.59 Å². The number of H-pyrrole nitrogens is 1. The van der Waals surface area contributed by atoms with Gasteiger partial charge in [0.05, 0.1) is 11.8 Å². The average Bonchev–Trinajstić information content (AvgIpc) is 3.18. The van der Waals surface area contributed by atoms with Gasteiger partial charge in [0.25, 0.3) is 11.8 Å². The molecule has 1 aromatic rings. The third kappa shape index (κ3) is 2.53. The first kappa shape index (κ1) is 13.1. The lowest BCUT2D eigenvalue weighted by atomic mass is 10.2. The van der Waals surface area contributed by atoms with E-state index in [-0.39, 0.29) is 17.9 Å². The number of carbonyl (C=O) groups excluding carboxylic acids is 2. The van der Waals surface area contributed by atoms with Gasteiger partial charge in [0.1, 0.15) is 6.10 Å². The number of nitrogens with zero attached hydrogens (tertiary/aromatic N) is 3. The topological polar surface area (TPSA) is 78.5 Å². The van der Waals surface area contributed by atoms with Gasteiger partial charge in [-0.1, -0.05) is 0 Å². The van der Waals surface area contributed by atoms with Crippen molar-refractivity contribution in [3.8, 4) is 0 Å². The fourth-order valence-electron chi connectivity index (χ4n) is 2.66. The van der Waals surface area contributed by atoms with Crippen LogP contribution in [0.25, 0.3) is 0 Å². The highest BCUT2D eigenvalue weighted by Gasteiger charge is 2.31. The van der Waals surface area contributed by atoms with E-state index in [1.165, 1.54) is 6.20 Å². The Hall–Kier alpha value is -1.89. The quantitative estimate of drug-likeness (QED) is 0.817. The number of piperazine rings is 1. The Kier molecular flexibility index (Phi) is 3.68. The summed E-state index contributed by atoms with van der Waals surface area (Å²) in [6, 6.07) is 0. The zero-order valence-electron chi connectivity index (χ0n) is 11.2. The zero-order valence-corrected chi connectivity index (χ0v) is 11.2. The molecule has 2 amide bonds. The van der Waals surface area contributed by atoms with E-state index in [4.69, 9.17) is 4.74 Å². The summed E-state index contributed by atoms with van der Waals surface area (Å²) in [4.78, 5) is 27.9. The number of hydrogen-bond donors (Lipinski definition) is 1. The van der Waals surface area contributed by atoms with Crippen LogP contribution < -0.4 is 0 Å². The molecule has 1 N–H and O–H groups in total. The second-order valence-corrected chi connectivity index (χ2v) is 5.11. The van der Waals surface area contributed by atoms with Gasteiger partial charge in [-0.15, -0.1) is 0 Å². The molecule has 0 aromatic carbocycles. The molecule has 0 aliphatic carbocycles. The van der Waals surface area contributed by atoms with Crippen LogP contribution in [0.5, 0.6) is 0 Å². The van der Waals surface area contributed by atoms with Crippen LogP contribution in [-0.2, 0) is 9.53 Å². The fourth-order valence-corrected chi connectivity index (χ4v) is 2.66. The van der Waals surface area contributed by atoms with Gasteiger partial charge in [-0.05, 0) is 12.8 Å². The van der Waals surface area contributed by atoms with E-state index in [1.807, 2.05) is 0 Å². The normalized spacial score (nSPS) is 23.1. The van der Waals surface area contributed by atoms with E-state index in [2.05, 4.69) is 10.2 Å². The van der Waals surface area contributed by atoms with Gasteiger partial charge >= 0.3 is 0 Å². The Morgan fingerprint density at radius 2 is 2.00 bits per heavy atom. The summed E-state index contributed by atoms with van der Waals surface area (Å²) in [5.74, 6) is 0.0286. The lowest BCUT2D eigenvalue weighted by Crippen LogP contribution is -2.52. The minimum absolute atomic E-state index is 0.0389. The first-order valence-corrected chi connectivity index (χ1v) is 6.94. The highest BCUT2D eigenvalue weighted by Crippen LogP contribution is 2.16. The summed E-state index contributed by atoms with van der Waals surface area (Å²) in [5, 5.41) is 6.42.